The standard InChI is InChI=1S/C13H9Cl2N3O2S/c14-11-2-1-10(5-12(11)15)8-21(19,20)18-13-6-9(7-16)3-4-17-13/h1-6H,8H2,(H,17,18). The molecule has 0 radical (unpaired) electrons. The molecule has 0 unspecified atom stereocenters. The maximum Gasteiger partial charge on any atom is 0.238 e. The number of pyridine rings is 1. The third-order valence-corrected chi connectivity index (χ3v) is 4.46. The summed E-state index contributed by atoms with van der Waals surface area (Å²) >= 11 is 11.6. The third kappa shape index (κ3) is 4.33. The zero-order valence-corrected chi connectivity index (χ0v) is 12.9. The van der Waals surface area contributed by atoms with E-state index >= 15 is 0 Å². The molecule has 1 aromatic carbocycles. The van der Waals surface area contributed by atoms with Crippen molar-refractivity contribution in [2.24, 2.45) is 0 Å². The van der Waals surface area contributed by atoms with Gasteiger partial charge in [0.25, 0.3) is 0 Å². The number of halogens is 2. The fourth-order valence-corrected chi connectivity index (χ4v) is 3.04. The minimum Gasteiger partial charge on any atom is -0.267 e. The topological polar surface area (TPSA) is 82.8 Å². The van der Waals surface area contributed by atoms with Gasteiger partial charge in [0, 0.05) is 6.20 Å². The zero-order valence-electron chi connectivity index (χ0n) is 10.5. The molecule has 2 rings (SSSR count). The van der Waals surface area contributed by atoms with Crippen molar-refractivity contribution in [3.8, 4) is 6.07 Å². The summed E-state index contributed by atoms with van der Waals surface area (Å²) in [5.41, 5.74) is 0.811. The molecule has 0 amide bonds. The minimum absolute atomic E-state index is 0.0918. The lowest BCUT2D eigenvalue weighted by molar-refractivity contribution is 0.600. The molecule has 108 valence electrons. The molecule has 21 heavy (non-hydrogen) atoms. The number of hydrogen-bond acceptors (Lipinski definition) is 4. The molecule has 0 saturated carbocycles. The van der Waals surface area contributed by atoms with Gasteiger partial charge in [-0.1, -0.05) is 29.3 Å². The van der Waals surface area contributed by atoms with Crippen molar-refractivity contribution in [2.75, 3.05) is 4.72 Å². The number of anilines is 1. The van der Waals surface area contributed by atoms with Crippen molar-refractivity contribution in [3.63, 3.8) is 0 Å². The lowest BCUT2D eigenvalue weighted by Gasteiger charge is -2.08. The average molecular weight is 342 g/mol. The van der Waals surface area contributed by atoms with Crippen molar-refractivity contribution in [2.45, 2.75) is 5.75 Å². The first-order chi connectivity index (χ1) is 9.89. The second-order valence-corrected chi connectivity index (χ2v) is 6.69. The number of nitrogens with zero attached hydrogens (tertiary/aromatic N) is 2. The average Bonchev–Trinajstić information content (AvgIpc) is 2.42. The number of hydrogen-bond donors (Lipinski definition) is 1. The highest BCUT2D eigenvalue weighted by atomic mass is 35.5. The molecule has 5 nitrogen and oxygen atoms in total. The number of nitriles is 1. The first kappa shape index (κ1) is 15.6. The number of aromatic nitrogens is 1. The first-order valence-electron chi connectivity index (χ1n) is 5.70. The highest BCUT2D eigenvalue weighted by molar-refractivity contribution is 7.91. The molecule has 1 heterocycles. The van der Waals surface area contributed by atoms with Crippen LogP contribution in [0.2, 0.25) is 10.0 Å². The predicted octanol–water partition coefficient (Wildman–Crippen LogP) is 3.20. The van der Waals surface area contributed by atoms with Crippen LogP contribution < -0.4 is 4.72 Å². The Labute approximate surface area is 132 Å². The van der Waals surface area contributed by atoms with Crippen LogP contribution in [0.25, 0.3) is 0 Å². The molecule has 0 spiro atoms. The van der Waals surface area contributed by atoms with E-state index in [0.717, 1.165) is 0 Å². The summed E-state index contributed by atoms with van der Waals surface area (Å²) in [4.78, 5) is 3.86. The lowest BCUT2D eigenvalue weighted by atomic mass is 10.2. The highest BCUT2D eigenvalue weighted by Gasteiger charge is 2.13. The van der Waals surface area contributed by atoms with E-state index in [9.17, 15) is 8.42 Å². The fraction of sp³-hybridized carbons (Fsp3) is 0.0769. The number of benzene rings is 1. The Morgan fingerprint density at radius 2 is 1.95 bits per heavy atom. The van der Waals surface area contributed by atoms with Gasteiger partial charge in [0.15, 0.2) is 0 Å². The van der Waals surface area contributed by atoms with Crippen LogP contribution in [0, 0.1) is 11.3 Å². The van der Waals surface area contributed by atoms with Crippen molar-refractivity contribution < 1.29 is 8.42 Å². The zero-order chi connectivity index (χ0) is 15.5. The highest BCUT2D eigenvalue weighted by Crippen LogP contribution is 2.23. The molecule has 1 N–H and O–H groups in total. The van der Waals surface area contributed by atoms with Crippen molar-refractivity contribution >= 4 is 39.0 Å². The van der Waals surface area contributed by atoms with E-state index in [2.05, 4.69) is 9.71 Å². The Morgan fingerprint density at radius 3 is 2.62 bits per heavy atom. The van der Waals surface area contributed by atoms with Crippen LogP contribution in [0.5, 0.6) is 0 Å². The molecule has 0 atom stereocenters. The van der Waals surface area contributed by atoms with Gasteiger partial charge in [-0.3, -0.25) is 4.72 Å². The summed E-state index contributed by atoms with van der Waals surface area (Å²) < 4.78 is 26.4. The van der Waals surface area contributed by atoms with Crippen molar-refractivity contribution in [1.29, 1.82) is 5.26 Å². The van der Waals surface area contributed by atoms with Crippen LogP contribution in [-0.4, -0.2) is 13.4 Å². The fourth-order valence-electron chi connectivity index (χ4n) is 1.60. The Balaban J connectivity index is 2.18. The number of rotatable bonds is 4. The Hall–Kier alpha value is -1.81. The molecule has 0 aliphatic rings. The van der Waals surface area contributed by atoms with Gasteiger partial charge in [-0.05, 0) is 29.8 Å². The molecule has 1 aromatic heterocycles. The molecule has 0 aliphatic carbocycles. The smallest absolute Gasteiger partial charge is 0.238 e. The van der Waals surface area contributed by atoms with Crippen molar-refractivity contribution in [1.82, 2.24) is 4.98 Å². The van der Waals surface area contributed by atoms with E-state index < -0.39 is 10.0 Å². The molecular formula is C13H9Cl2N3O2S. The Morgan fingerprint density at radius 1 is 1.19 bits per heavy atom. The number of sulfonamides is 1. The van der Waals surface area contributed by atoms with E-state index in [4.69, 9.17) is 28.5 Å². The Kier molecular flexibility index (Phi) is 4.68. The van der Waals surface area contributed by atoms with Crippen LogP contribution in [-0.2, 0) is 15.8 Å². The summed E-state index contributed by atoms with van der Waals surface area (Å²) in [5, 5.41) is 9.41. The SMILES string of the molecule is N#Cc1ccnc(NS(=O)(=O)Cc2ccc(Cl)c(Cl)c2)c1. The van der Waals surface area contributed by atoms with Gasteiger partial charge in [0.05, 0.1) is 27.4 Å². The summed E-state index contributed by atoms with van der Waals surface area (Å²) in [5.74, 6) is -0.184. The van der Waals surface area contributed by atoms with Gasteiger partial charge in [-0.2, -0.15) is 5.26 Å². The maximum absolute atomic E-state index is 12.1. The first-order valence-corrected chi connectivity index (χ1v) is 8.11. The summed E-state index contributed by atoms with van der Waals surface area (Å²) in [6, 6.07) is 9.34. The molecule has 0 bridgehead atoms. The van der Waals surface area contributed by atoms with Crippen LogP contribution in [0.3, 0.4) is 0 Å². The van der Waals surface area contributed by atoms with Crippen molar-refractivity contribution in [3.05, 3.63) is 57.7 Å². The summed E-state index contributed by atoms with van der Waals surface area (Å²) in [6.45, 7) is 0. The van der Waals surface area contributed by atoms with Gasteiger partial charge in [-0.25, -0.2) is 13.4 Å². The molecule has 0 saturated heterocycles. The molecule has 0 fully saturated rings. The van der Waals surface area contributed by atoms with Gasteiger partial charge in [-0.15, -0.1) is 0 Å². The summed E-state index contributed by atoms with van der Waals surface area (Å²) in [7, 11) is -3.67. The van der Waals surface area contributed by atoms with Gasteiger partial charge in [0.2, 0.25) is 10.0 Å². The maximum atomic E-state index is 12.1. The van der Waals surface area contributed by atoms with Crippen LogP contribution in [0.1, 0.15) is 11.1 Å². The second kappa shape index (κ2) is 6.31. The molecule has 8 heteroatoms. The Bertz CT molecular complexity index is 816. The van der Waals surface area contributed by atoms with Gasteiger partial charge < -0.3 is 0 Å². The molecule has 0 aliphatic heterocycles. The van der Waals surface area contributed by atoms with Gasteiger partial charge >= 0.3 is 0 Å². The second-order valence-electron chi connectivity index (χ2n) is 4.15. The number of nitrogens with one attached hydrogen (secondary N) is 1. The van der Waals surface area contributed by atoms with Crippen LogP contribution >= 0.6 is 23.2 Å². The molecule has 2 aromatic rings. The largest absolute Gasteiger partial charge is 0.267 e. The third-order valence-electron chi connectivity index (χ3n) is 2.49. The normalized spacial score (nSPS) is 10.9. The van der Waals surface area contributed by atoms with E-state index in [1.165, 1.54) is 30.5 Å². The quantitative estimate of drug-likeness (QED) is 0.925. The summed E-state index contributed by atoms with van der Waals surface area (Å²) in [6.07, 6.45) is 1.36. The van der Waals surface area contributed by atoms with E-state index in [0.29, 0.717) is 16.1 Å². The monoisotopic (exact) mass is 341 g/mol. The van der Waals surface area contributed by atoms with E-state index in [1.807, 2.05) is 6.07 Å². The predicted molar refractivity (Wildman–Crippen MR) is 81.7 cm³/mol. The minimum atomic E-state index is -3.67. The van der Waals surface area contributed by atoms with E-state index in [-0.39, 0.29) is 16.6 Å². The van der Waals surface area contributed by atoms with E-state index in [1.54, 1.807) is 6.07 Å². The van der Waals surface area contributed by atoms with Crippen LogP contribution in [0.4, 0.5) is 5.82 Å². The lowest BCUT2D eigenvalue weighted by Crippen LogP contribution is -2.16. The van der Waals surface area contributed by atoms with Gasteiger partial charge in [0.1, 0.15) is 5.82 Å². The molecular weight excluding hydrogens is 333 g/mol. The van der Waals surface area contributed by atoms with Crippen LogP contribution in [0.15, 0.2) is 36.5 Å².